The predicted octanol–water partition coefficient (Wildman–Crippen LogP) is 6.77. The SMILES string of the molecule is CC(C)(c1ccccc1C(C)(C)C1CCCC1N1CCCC1)C1CCCC1N1CCCC1. The summed E-state index contributed by atoms with van der Waals surface area (Å²) in [6.07, 6.45) is 14.1. The van der Waals surface area contributed by atoms with Crippen molar-refractivity contribution in [2.75, 3.05) is 26.2 Å². The first-order chi connectivity index (χ1) is 15.4. The second-order valence-corrected chi connectivity index (χ2v) is 12.7. The van der Waals surface area contributed by atoms with E-state index < -0.39 is 0 Å². The van der Waals surface area contributed by atoms with Crippen LogP contribution in [0.2, 0.25) is 0 Å². The van der Waals surface area contributed by atoms with Crippen LogP contribution < -0.4 is 0 Å². The molecule has 0 spiro atoms. The minimum absolute atomic E-state index is 0.235. The Bertz CT molecular complexity index is 704. The summed E-state index contributed by atoms with van der Waals surface area (Å²) >= 11 is 0. The molecule has 0 aromatic heterocycles. The maximum atomic E-state index is 2.85. The summed E-state index contributed by atoms with van der Waals surface area (Å²) < 4.78 is 0. The average Bonchev–Trinajstić information content (AvgIpc) is 3.58. The molecule has 32 heavy (non-hydrogen) atoms. The molecule has 4 fully saturated rings. The second kappa shape index (κ2) is 9.06. The van der Waals surface area contributed by atoms with Crippen molar-refractivity contribution in [3.8, 4) is 0 Å². The van der Waals surface area contributed by atoms with Crippen LogP contribution in [0.1, 0.15) is 103 Å². The van der Waals surface area contributed by atoms with Crippen LogP contribution in [-0.2, 0) is 10.8 Å². The van der Waals surface area contributed by atoms with Crippen molar-refractivity contribution in [1.29, 1.82) is 0 Å². The molecular formula is C30H48N2. The fourth-order valence-corrected chi connectivity index (χ4v) is 8.59. The Morgan fingerprint density at radius 1 is 0.562 bits per heavy atom. The lowest BCUT2D eigenvalue weighted by Gasteiger charge is -2.45. The van der Waals surface area contributed by atoms with Gasteiger partial charge in [-0.05, 0) is 111 Å². The monoisotopic (exact) mass is 436 g/mol. The smallest absolute Gasteiger partial charge is 0.0132 e. The van der Waals surface area contributed by atoms with Crippen LogP contribution in [-0.4, -0.2) is 48.1 Å². The number of likely N-dealkylation sites (tertiary alicyclic amines) is 2. The van der Waals surface area contributed by atoms with Crippen molar-refractivity contribution >= 4 is 0 Å². The van der Waals surface area contributed by atoms with Crippen LogP contribution in [0, 0.1) is 11.8 Å². The molecule has 2 saturated heterocycles. The standard InChI is InChI=1S/C30H48N2/c1-29(2,25-15-11-17-27(25)31-19-7-8-20-31)23-13-5-6-14-24(23)30(3,4)26-16-12-18-28(26)32-21-9-10-22-32/h5-6,13-14,25-28H,7-12,15-22H2,1-4H3. The number of benzene rings is 1. The Morgan fingerprint density at radius 2 is 0.938 bits per heavy atom. The minimum Gasteiger partial charge on any atom is -0.300 e. The Morgan fingerprint density at radius 3 is 1.31 bits per heavy atom. The normalized spacial score (nSPS) is 32.9. The van der Waals surface area contributed by atoms with Gasteiger partial charge in [-0.15, -0.1) is 0 Å². The lowest BCUT2D eigenvalue weighted by atomic mass is 9.62. The van der Waals surface area contributed by atoms with Crippen molar-refractivity contribution in [2.24, 2.45) is 11.8 Å². The van der Waals surface area contributed by atoms with Crippen LogP contribution in [0.15, 0.2) is 24.3 Å². The molecule has 2 saturated carbocycles. The third-order valence-corrected chi connectivity index (χ3v) is 10.3. The van der Waals surface area contributed by atoms with Gasteiger partial charge < -0.3 is 9.80 Å². The molecular weight excluding hydrogens is 388 g/mol. The summed E-state index contributed by atoms with van der Waals surface area (Å²) in [6, 6.07) is 11.3. The Labute approximate surface area is 198 Å². The lowest BCUT2D eigenvalue weighted by Crippen LogP contribution is -2.46. The highest BCUT2D eigenvalue weighted by Gasteiger charge is 2.47. The third-order valence-electron chi connectivity index (χ3n) is 10.3. The van der Waals surface area contributed by atoms with Gasteiger partial charge in [-0.1, -0.05) is 64.8 Å². The summed E-state index contributed by atoms with van der Waals surface area (Å²) in [7, 11) is 0. The van der Waals surface area contributed by atoms with E-state index in [1.54, 1.807) is 11.1 Å². The zero-order valence-electron chi connectivity index (χ0n) is 21.4. The van der Waals surface area contributed by atoms with Gasteiger partial charge in [0.25, 0.3) is 0 Å². The second-order valence-electron chi connectivity index (χ2n) is 12.7. The summed E-state index contributed by atoms with van der Waals surface area (Å²) in [5, 5.41) is 0. The molecule has 2 aliphatic carbocycles. The summed E-state index contributed by atoms with van der Waals surface area (Å²) in [5.41, 5.74) is 3.79. The topological polar surface area (TPSA) is 6.48 Å². The van der Waals surface area contributed by atoms with E-state index in [-0.39, 0.29) is 10.8 Å². The highest BCUT2D eigenvalue weighted by molar-refractivity contribution is 5.40. The van der Waals surface area contributed by atoms with Crippen molar-refractivity contribution in [1.82, 2.24) is 9.80 Å². The molecule has 2 heterocycles. The first-order valence-electron chi connectivity index (χ1n) is 14.0. The molecule has 0 bridgehead atoms. The molecule has 0 radical (unpaired) electrons. The zero-order valence-corrected chi connectivity index (χ0v) is 21.4. The van der Waals surface area contributed by atoms with E-state index in [1.165, 1.54) is 90.4 Å². The highest BCUT2D eigenvalue weighted by atomic mass is 15.2. The quantitative estimate of drug-likeness (QED) is 0.485. The summed E-state index contributed by atoms with van der Waals surface area (Å²) in [5.74, 6) is 1.58. The molecule has 5 rings (SSSR count). The summed E-state index contributed by atoms with van der Waals surface area (Å²) in [6.45, 7) is 15.7. The predicted molar refractivity (Wildman–Crippen MR) is 136 cm³/mol. The Hall–Kier alpha value is -0.860. The van der Waals surface area contributed by atoms with E-state index >= 15 is 0 Å². The van der Waals surface area contributed by atoms with Gasteiger partial charge in [0.15, 0.2) is 0 Å². The first kappa shape index (κ1) is 22.9. The van der Waals surface area contributed by atoms with Gasteiger partial charge in [0.05, 0.1) is 0 Å². The van der Waals surface area contributed by atoms with Gasteiger partial charge in [-0.3, -0.25) is 0 Å². The molecule has 1 aromatic carbocycles. The molecule has 4 aliphatic rings. The van der Waals surface area contributed by atoms with Gasteiger partial charge in [0, 0.05) is 12.1 Å². The van der Waals surface area contributed by atoms with Crippen molar-refractivity contribution in [3.63, 3.8) is 0 Å². The molecule has 2 nitrogen and oxygen atoms in total. The van der Waals surface area contributed by atoms with Gasteiger partial charge in [0.2, 0.25) is 0 Å². The van der Waals surface area contributed by atoms with E-state index in [0.717, 1.165) is 23.9 Å². The molecule has 4 unspecified atom stereocenters. The Balaban J connectivity index is 1.46. The maximum Gasteiger partial charge on any atom is 0.0132 e. The van der Waals surface area contributed by atoms with Gasteiger partial charge in [-0.25, -0.2) is 0 Å². The average molecular weight is 437 g/mol. The van der Waals surface area contributed by atoms with Gasteiger partial charge >= 0.3 is 0 Å². The minimum atomic E-state index is 0.235. The molecule has 178 valence electrons. The maximum absolute atomic E-state index is 2.85. The largest absolute Gasteiger partial charge is 0.300 e. The van der Waals surface area contributed by atoms with Gasteiger partial charge in [0.1, 0.15) is 0 Å². The van der Waals surface area contributed by atoms with Crippen molar-refractivity contribution in [3.05, 3.63) is 35.4 Å². The van der Waals surface area contributed by atoms with E-state index in [9.17, 15) is 0 Å². The van der Waals surface area contributed by atoms with Crippen LogP contribution in [0.25, 0.3) is 0 Å². The van der Waals surface area contributed by atoms with Crippen LogP contribution >= 0.6 is 0 Å². The number of hydrogen-bond donors (Lipinski definition) is 0. The molecule has 4 atom stereocenters. The number of hydrogen-bond acceptors (Lipinski definition) is 2. The molecule has 2 heteroatoms. The fourth-order valence-electron chi connectivity index (χ4n) is 8.59. The molecule has 0 amide bonds. The van der Waals surface area contributed by atoms with Crippen LogP contribution in [0.3, 0.4) is 0 Å². The zero-order chi connectivity index (χ0) is 22.3. The van der Waals surface area contributed by atoms with Crippen LogP contribution in [0.5, 0.6) is 0 Å². The van der Waals surface area contributed by atoms with E-state index in [1.807, 2.05) is 0 Å². The number of rotatable bonds is 6. The fraction of sp³-hybridized carbons (Fsp3) is 0.800. The van der Waals surface area contributed by atoms with Crippen LogP contribution in [0.4, 0.5) is 0 Å². The van der Waals surface area contributed by atoms with Crippen molar-refractivity contribution < 1.29 is 0 Å². The highest BCUT2D eigenvalue weighted by Crippen LogP contribution is 2.51. The van der Waals surface area contributed by atoms with E-state index in [0.29, 0.717) is 0 Å². The van der Waals surface area contributed by atoms with E-state index in [2.05, 4.69) is 61.8 Å². The molecule has 2 aliphatic heterocycles. The summed E-state index contributed by atoms with van der Waals surface area (Å²) in [4.78, 5) is 5.71. The lowest BCUT2D eigenvalue weighted by molar-refractivity contribution is 0.137. The molecule has 0 N–H and O–H groups in total. The van der Waals surface area contributed by atoms with Gasteiger partial charge in [-0.2, -0.15) is 0 Å². The Kier molecular flexibility index (Phi) is 6.49. The third kappa shape index (κ3) is 3.98. The van der Waals surface area contributed by atoms with Crippen molar-refractivity contribution in [2.45, 2.75) is 115 Å². The molecule has 1 aromatic rings. The first-order valence-corrected chi connectivity index (χ1v) is 14.0. The van der Waals surface area contributed by atoms with E-state index in [4.69, 9.17) is 0 Å². The number of nitrogens with zero attached hydrogens (tertiary/aromatic N) is 2.